The molecule has 8 heteroatoms. The molecule has 2 aromatic rings. The summed E-state index contributed by atoms with van der Waals surface area (Å²) in [6, 6.07) is 9.09. The normalized spacial score (nSPS) is 28.1. The second-order valence-electron chi connectivity index (χ2n) is 12.7. The third-order valence-corrected chi connectivity index (χ3v) is 9.36. The highest BCUT2D eigenvalue weighted by molar-refractivity contribution is 6.47. The predicted octanol–water partition coefficient (Wildman–Crippen LogP) is 5.56. The minimum atomic E-state index is -0.687. The molecular weight excluding hydrogens is 489 g/mol. The maximum atomic E-state index is 13.9. The van der Waals surface area contributed by atoms with Crippen molar-refractivity contribution in [2.75, 3.05) is 0 Å². The summed E-state index contributed by atoms with van der Waals surface area (Å²) in [5.41, 5.74) is 1.13. The monoisotopic (exact) mass is 533 g/mol. The molecule has 1 aromatic carbocycles. The summed E-state index contributed by atoms with van der Waals surface area (Å²) >= 11 is 0. The van der Waals surface area contributed by atoms with Crippen molar-refractivity contribution in [2.24, 2.45) is 23.2 Å². The van der Waals surface area contributed by atoms with Gasteiger partial charge in [0.05, 0.1) is 23.9 Å². The number of aromatic nitrogens is 2. The van der Waals surface area contributed by atoms with Crippen LogP contribution >= 0.6 is 0 Å². The molecule has 1 N–H and O–H groups in total. The van der Waals surface area contributed by atoms with E-state index in [0.717, 1.165) is 18.4 Å². The Morgan fingerprint density at radius 2 is 1.87 bits per heavy atom. The molecule has 6 atom stereocenters. The Morgan fingerprint density at radius 1 is 1.13 bits per heavy atom. The molecule has 0 unspecified atom stereocenters. The van der Waals surface area contributed by atoms with Gasteiger partial charge in [-0.25, -0.2) is 4.98 Å². The van der Waals surface area contributed by atoms with E-state index in [-0.39, 0.29) is 48.3 Å². The van der Waals surface area contributed by atoms with Gasteiger partial charge in [-0.05, 0) is 61.3 Å². The van der Waals surface area contributed by atoms with Crippen molar-refractivity contribution in [3.63, 3.8) is 0 Å². The highest BCUT2D eigenvalue weighted by Gasteiger charge is 2.68. The second-order valence-corrected chi connectivity index (χ2v) is 12.7. The minimum absolute atomic E-state index is 0. The number of Topliss-reactive ketones (excluding diaryl/α,β-unsaturated/α-hetero) is 1. The van der Waals surface area contributed by atoms with Crippen molar-refractivity contribution < 1.29 is 18.9 Å². The number of nitrogens with zero attached hydrogens (tertiary/aromatic N) is 2. The number of ketones is 1. The molecule has 2 bridgehead atoms. The van der Waals surface area contributed by atoms with Crippen LogP contribution in [0.1, 0.15) is 83.8 Å². The average molecular weight is 534 g/mol. The van der Waals surface area contributed by atoms with Gasteiger partial charge in [-0.3, -0.25) is 14.6 Å². The first-order valence-corrected chi connectivity index (χ1v) is 14.0. The van der Waals surface area contributed by atoms with Gasteiger partial charge in [0.2, 0.25) is 0 Å². The Bertz CT molecular complexity index is 1150. The van der Waals surface area contributed by atoms with Crippen LogP contribution in [0.4, 0.5) is 0 Å². The fourth-order valence-electron chi connectivity index (χ4n) is 7.14. The van der Waals surface area contributed by atoms with Crippen molar-refractivity contribution in [1.82, 2.24) is 15.3 Å². The SMILES string of the molecule is C.CC(C)C[C@H](CC(=O)[C@H](Cc1ccccc1)NC(=O)c1cnccn1)B1O[C@@H]2C[C@@H]3C[C@@H](C3(C)C)[C@]2(C)O1. The van der Waals surface area contributed by atoms with Crippen LogP contribution < -0.4 is 5.32 Å². The van der Waals surface area contributed by atoms with E-state index in [9.17, 15) is 9.59 Å². The molecule has 1 aliphatic heterocycles. The molecular formula is C31H44BN3O4. The molecule has 1 saturated heterocycles. The van der Waals surface area contributed by atoms with Gasteiger partial charge in [-0.1, -0.05) is 65.5 Å². The van der Waals surface area contributed by atoms with Crippen LogP contribution in [0.25, 0.3) is 0 Å². The number of benzene rings is 1. The number of hydrogen-bond acceptors (Lipinski definition) is 6. The van der Waals surface area contributed by atoms with Gasteiger partial charge in [0.25, 0.3) is 5.91 Å². The van der Waals surface area contributed by atoms with E-state index < -0.39 is 19.1 Å². The van der Waals surface area contributed by atoms with Gasteiger partial charge in [0, 0.05) is 24.6 Å². The summed E-state index contributed by atoms with van der Waals surface area (Å²) in [6.07, 6.45) is 8.19. The van der Waals surface area contributed by atoms with E-state index in [1.54, 1.807) is 0 Å². The molecule has 7 nitrogen and oxygen atoms in total. The first kappa shape index (κ1) is 29.4. The zero-order valence-electron chi connectivity index (χ0n) is 23.2. The molecule has 39 heavy (non-hydrogen) atoms. The third kappa shape index (κ3) is 5.83. The third-order valence-electron chi connectivity index (χ3n) is 9.36. The van der Waals surface area contributed by atoms with E-state index in [4.69, 9.17) is 9.31 Å². The molecule has 1 amide bonds. The molecule has 4 fully saturated rings. The van der Waals surface area contributed by atoms with Crippen LogP contribution in [0.15, 0.2) is 48.9 Å². The molecule has 0 radical (unpaired) electrons. The molecule has 3 saturated carbocycles. The van der Waals surface area contributed by atoms with Crippen LogP contribution in [0.5, 0.6) is 0 Å². The standard InChI is InChI=1S/C30H40BN3O4.CH4/c1-19(2)13-22(31-37-27-16-21-15-26(29(21,3)4)30(27,5)38-31)17-25(35)23(14-20-9-7-6-8-10-20)34-28(36)24-18-32-11-12-33-24;/h6-12,18-19,21-23,26-27H,13-17H2,1-5H3,(H,34,36);1H4/t21-,22+,23-,26-,27+,30-;/m0./s1. The topological polar surface area (TPSA) is 90.4 Å². The molecule has 0 spiro atoms. The summed E-state index contributed by atoms with van der Waals surface area (Å²) < 4.78 is 13.4. The number of amides is 1. The largest absolute Gasteiger partial charge is 0.461 e. The zero-order chi connectivity index (χ0) is 27.1. The molecule has 6 rings (SSSR count). The Balaban J connectivity index is 0.00000353. The Morgan fingerprint density at radius 3 is 2.51 bits per heavy atom. The lowest BCUT2D eigenvalue weighted by atomic mass is 9.43. The van der Waals surface area contributed by atoms with Crippen molar-refractivity contribution in [3.8, 4) is 0 Å². The summed E-state index contributed by atoms with van der Waals surface area (Å²) in [4.78, 5) is 34.9. The van der Waals surface area contributed by atoms with E-state index in [1.807, 2.05) is 30.3 Å². The van der Waals surface area contributed by atoms with Gasteiger partial charge in [-0.2, -0.15) is 0 Å². The van der Waals surface area contributed by atoms with Crippen LogP contribution in [0.3, 0.4) is 0 Å². The quantitative estimate of drug-likeness (QED) is 0.403. The van der Waals surface area contributed by atoms with Gasteiger partial charge in [-0.15, -0.1) is 0 Å². The highest BCUT2D eigenvalue weighted by atomic mass is 16.7. The first-order chi connectivity index (χ1) is 18.1. The maximum absolute atomic E-state index is 13.9. The summed E-state index contributed by atoms with van der Waals surface area (Å²) in [5, 5.41) is 2.94. The van der Waals surface area contributed by atoms with Crippen molar-refractivity contribution >= 4 is 18.8 Å². The van der Waals surface area contributed by atoms with Crippen molar-refractivity contribution in [2.45, 2.75) is 97.7 Å². The van der Waals surface area contributed by atoms with Gasteiger partial charge >= 0.3 is 7.12 Å². The Kier molecular flexibility index (Phi) is 8.67. The van der Waals surface area contributed by atoms with E-state index in [0.29, 0.717) is 24.2 Å². The lowest BCUT2D eigenvalue weighted by Gasteiger charge is -2.64. The second kappa shape index (κ2) is 11.5. The number of rotatable bonds is 10. The minimum Gasteiger partial charge on any atom is -0.405 e. The van der Waals surface area contributed by atoms with E-state index in [1.165, 1.54) is 25.0 Å². The maximum Gasteiger partial charge on any atom is 0.461 e. The predicted molar refractivity (Wildman–Crippen MR) is 153 cm³/mol. The van der Waals surface area contributed by atoms with Crippen molar-refractivity contribution in [3.05, 3.63) is 60.2 Å². The number of carbonyl (C=O) groups is 2. The van der Waals surface area contributed by atoms with E-state index >= 15 is 0 Å². The Hall–Kier alpha value is -2.58. The van der Waals surface area contributed by atoms with E-state index in [2.05, 4.69) is 49.9 Å². The van der Waals surface area contributed by atoms with Crippen molar-refractivity contribution in [1.29, 1.82) is 0 Å². The number of carbonyl (C=O) groups excluding carboxylic acids is 2. The lowest BCUT2D eigenvalue weighted by Crippen LogP contribution is -2.65. The lowest BCUT2D eigenvalue weighted by molar-refractivity contribution is -0.199. The average Bonchev–Trinajstić information content (AvgIpc) is 3.26. The molecule has 2 heterocycles. The molecule has 1 aromatic heterocycles. The van der Waals surface area contributed by atoms with Crippen LogP contribution in [-0.2, 0) is 20.5 Å². The first-order valence-electron chi connectivity index (χ1n) is 14.0. The summed E-state index contributed by atoms with van der Waals surface area (Å²) in [7, 11) is -0.417. The summed E-state index contributed by atoms with van der Waals surface area (Å²) in [5.74, 6) is 1.01. The highest BCUT2D eigenvalue weighted by Crippen LogP contribution is 2.66. The fraction of sp³-hybridized carbons (Fsp3) is 0.613. The number of hydrogen-bond donors (Lipinski definition) is 1. The van der Waals surface area contributed by atoms with Gasteiger partial charge in [0.1, 0.15) is 5.69 Å². The molecule has 210 valence electrons. The van der Waals surface area contributed by atoms with Crippen LogP contribution in [0.2, 0.25) is 5.82 Å². The van der Waals surface area contributed by atoms with Gasteiger partial charge in [0.15, 0.2) is 5.78 Å². The van der Waals surface area contributed by atoms with Gasteiger partial charge < -0.3 is 14.6 Å². The van der Waals surface area contributed by atoms with Crippen LogP contribution in [0, 0.1) is 23.2 Å². The fourth-order valence-corrected chi connectivity index (χ4v) is 7.14. The van der Waals surface area contributed by atoms with Crippen LogP contribution in [-0.4, -0.2) is 46.5 Å². The smallest absolute Gasteiger partial charge is 0.405 e. The zero-order valence-corrected chi connectivity index (χ0v) is 23.2. The summed E-state index contributed by atoms with van der Waals surface area (Å²) in [6.45, 7) is 11.3. The number of nitrogens with one attached hydrogen (secondary N) is 1. The Labute approximate surface area is 234 Å². The molecule has 4 aliphatic rings. The molecule has 3 aliphatic carbocycles.